The highest BCUT2D eigenvalue weighted by Crippen LogP contribution is 2.28. The number of rotatable bonds is 6. The van der Waals surface area contributed by atoms with Crippen LogP contribution in [0.5, 0.6) is 0 Å². The van der Waals surface area contributed by atoms with Crippen LogP contribution in [0.4, 0.5) is 11.4 Å². The fourth-order valence-corrected chi connectivity index (χ4v) is 2.84. The Morgan fingerprint density at radius 1 is 1.17 bits per heavy atom. The van der Waals surface area contributed by atoms with Gasteiger partial charge in [0.15, 0.2) is 0 Å². The first-order chi connectivity index (χ1) is 11.5. The Balaban J connectivity index is 2.09. The molecule has 0 fully saturated rings. The lowest BCUT2D eigenvalue weighted by Gasteiger charge is -2.13. The Bertz CT molecular complexity index is 755. The molecule has 0 atom stereocenters. The molecule has 126 valence electrons. The lowest BCUT2D eigenvalue weighted by molar-refractivity contribution is -0.118. The molecule has 1 aromatic heterocycles. The molecule has 24 heavy (non-hydrogen) atoms. The molecule has 0 spiro atoms. The van der Waals surface area contributed by atoms with Crippen LogP contribution in [0.2, 0.25) is 5.02 Å². The van der Waals surface area contributed by atoms with Gasteiger partial charge in [0.05, 0.1) is 28.2 Å². The summed E-state index contributed by atoms with van der Waals surface area (Å²) >= 11 is 8.39. The third-order valence-electron chi connectivity index (χ3n) is 3.05. The van der Waals surface area contributed by atoms with Crippen molar-refractivity contribution in [1.82, 2.24) is 15.6 Å². The zero-order chi connectivity index (χ0) is 17.5. The Morgan fingerprint density at radius 3 is 2.62 bits per heavy atom. The second-order valence-corrected chi connectivity index (χ2v) is 6.56. The number of carbonyl (C=O) groups is 2. The number of hydrogen-bond acceptors (Lipinski definition) is 4. The summed E-state index contributed by atoms with van der Waals surface area (Å²) in [5, 5.41) is 9.06. The highest BCUT2D eigenvalue weighted by molar-refractivity contribution is 14.1. The van der Waals surface area contributed by atoms with E-state index in [0.717, 1.165) is 3.57 Å². The lowest BCUT2D eigenvalue weighted by Crippen LogP contribution is -2.33. The molecule has 2 amide bonds. The highest BCUT2D eigenvalue weighted by Gasteiger charge is 2.12. The third-order valence-corrected chi connectivity index (χ3v) is 4.03. The van der Waals surface area contributed by atoms with Crippen molar-refractivity contribution < 1.29 is 9.59 Å². The predicted octanol–water partition coefficient (Wildman–Crippen LogP) is 2.95. The minimum atomic E-state index is -0.258. The number of amides is 2. The lowest BCUT2D eigenvalue weighted by atomic mass is 10.2. The molecule has 2 rings (SSSR count). The number of halogens is 2. The molecule has 1 heterocycles. The van der Waals surface area contributed by atoms with Crippen LogP contribution >= 0.6 is 34.2 Å². The fraction of sp³-hybridized carbons (Fsp3) is 0.188. The number of nitrogens with one attached hydrogen (secondary N) is 3. The van der Waals surface area contributed by atoms with Gasteiger partial charge in [-0.3, -0.25) is 14.6 Å². The number of hydrogen-bond donors (Lipinski definition) is 3. The first-order valence-electron chi connectivity index (χ1n) is 7.16. The summed E-state index contributed by atoms with van der Waals surface area (Å²) in [5.41, 5.74) is 1.69. The van der Waals surface area contributed by atoms with Crippen molar-refractivity contribution in [3.63, 3.8) is 0 Å². The van der Waals surface area contributed by atoms with E-state index in [4.69, 9.17) is 11.6 Å². The molecule has 3 N–H and O–H groups in total. The zero-order valence-corrected chi connectivity index (χ0v) is 15.8. The van der Waals surface area contributed by atoms with Gasteiger partial charge in [0.2, 0.25) is 5.91 Å². The Labute approximate surface area is 158 Å². The van der Waals surface area contributed by atoms with Gasteiger partial charge < -0.3 is 16.0 Å². The number of pyridine rings is 1. The van der Waals surface area contributed by atoms with E-state index in [1.165, 1.54) is 6.92 Å². The minimum absolute atomic E-state index is 0.135. The van der Waals surface area contributed by atoms with Gasteiger partial charge in [-0.2, -0.15) is 0 Å². The summed E-state index contributed by atoms with van der Waals surface area (Å²) in [4.78, 5) is 27.2. The van der Waals surface area contributed by atoms with Crippen LogP contribution in [0.1, 0.15) is 17.3 Å². The van der Waals surface area contributed by atoms with Crippen LogP contribution in [0.15, 0.2) is 36.7 Å². The van der Waals surface area contributed by atoms with E-state index in [2.05, 4.69) is 43.5 Å². The molecule has 2 aromatic rings. The van der Waals surface area contributed by atoms with Crippen molar-refractivity contribution in [3.8, 4) is 0 Å². The molecule has 1 aromatic carbocycles. The van der Waals surface area contributed by atoms with Gasteiger partial charge >= 0.3 is 0 Å². The van der Waals surface area contributed by atoms with E-state index < -0.39 is 0 Å². The van der Waals surface area contributed by atoms with E-state index in [1.54, 1.807) is 18.5 Å². The van der Waals surface area contributed by atoms with Gasteiger partial charge in [0, 0.05) is 29.8 Å². The number of nitrogens with zero attached hydrogens (tertiary/aromatic N) is 1. The van der Waals surface area contributed by atoms with Crippen LogP contribution in [0.25, 0.3) is 0 Å². The normalized spacial score (nSPS) is 10.1. The second kappa shape index (κ2) is 8.84. The largest absolute Gasteiger partial charge is 0.355 e. The summed E-state index contributed by atoms with van der Waals surface area (Å²) < 4.78 is 1.02. The second-order valence-electron chi connectivity index (χ2n) is 4.91. The molecule has 0 aliphatic rings. The van der Waals surface area contributed by atoms with E-state index in [1.807, 2.05) is 18.2 Å². The van der Waals surface area contributed by atoms with Crippen molar-refractivity contribution in [1.29, 1.82) is 0 Å². The monoisotopic (exact) mass is 458 g/mol. The van der Waals surface area contributed by atoms with Crippen molar-refractivity contribution in [2.75, 3.05) is 18.4 Å². The minimum Gasteiger partial charge on any atom is -0.355 e. The molecular formula is C16H16ClIN4O2. The average molecular weight is 459 g/mol. The number of aromatic nitrogens is 1. The van der Waals surface area contributed by atoms with Crippen LogP contribution in [0.3, 0.4) is 0 Å². The Hall–Kier alpha value is -1.87. The topological polar surface area (TPSA) is 83.1 Å². The molecule has 0 aliphatic carbocycles. The molecule has 6 nitrogen and oxygen atoms in total. The van der Waals surface area contributed by atoms with Crippen LogP contribution in [-0.4, -0.2) is 29.9 Å². The SMILES string of the molecule is CC(=O)NCCNC(=O)c1ccncc1Nc1ccc(I)cc1Cl. The highest BCUT2D eigenvalue weighted by atomic mass is 127. The standard InChI is InChI=1S/C16H16ClIN4O2/c1-10(23)20-6-7-21-16(24)12-4-5-19-9-15(12)22-14-3-2-11(18)8-13(14)17/h2-5,8-9,22H,6-7H2,1H3,(H,20,23)(H,21,24). The zero-order valence-electron chi connectivity index (χ0n) is 12.9. The Kier molecular flexibility index (Phi) is 6.80. The molecule has 0 radical (unpaired) electrons. The van der Waals surface area contributed by atoms with Crippen molar-refractivity contribution in [2.45, 2.75) is 6.92 Å². The van der Waals surface area contributed by atoms with Crippen molar-refractivity contribution >= 4 is 57.4 Å². The maximum atomic E-state index is 12.3. The summed E-state index contributed by atoms with van der Waals surface area (Å²) in [6.07, 6.45) is 3.11. The predicted molar refractivity (Wildman–Crippen MR) is 103 cm³/mol. The van der Waals surface area contributed by atoms with E-state index >= 15 is 0 Å². The summed E-state index contributed by atoms with van der Waals surface area (Å²) in [5.74, 6) is -0.393. The molecule has 0 unspecified atom stereocenters. The summed E-state index contributed by atoms with van der Waals surface area (Å²) in [6, 6.07) is 7.21. The van der Waals surface area contributed by atoms with Crippen molar-refractivity contribution in [3.05, 3.63) is 50.8 Å². The molecule has 0 bridgehead atoms. The van der Waals surface area contributed by atoms with Gasteiger partial charge in [-0.05, 0) is 46.9 Å². The maximum Gasteiger partial charge on any atom is 0.253 e. The van der Waals surface area contributed by atoms with Crippen LogP contribution in [-0.2, 0) is 4.79 Å². The smallest absolute Gasteiger partial charge is 0.253 e. The van der Waals surface area contributed by atoms with Gasteiger partial charge in [-0.25, -0.2) is 0 Å². The Morgan fingerprint density at radius 2 is 1.92 bits per heavy atom. The van der Waals surface area contributed by atoms with E-state index in [0.29, 0.717) is 35.1 Å². The number of anilines is 2. The van der Waals surface area contributed by atoms with Gasteiger partial charge in [0.1, 0.15) is 0 Å². The van der Waals surface area contributed by atoms with Crippen LogP contribution in [0, 0.1) is 3.57 Å². The third kappa shape index (κ3) is 5.34. The van der Waals surface area contributed by atoms with Gasteiger partial charge in [0.25, 0.3) is 5.91 Å². The molecule has 0 aliphatic heterocycles. The van der Waals surface area contributed by atoms with Crippen LogP contribution < -0.4 is 16.0 Å². The molecule has 0 saturated heterocycles. The first kappa shape index (κ1) is 18.5. The summed E-state index contributed by atoms with van der Waals surface area (Å²) in [6.45, 7) is 2.14. The van der Waals surface area contributed by atoms with Crippen molar-refractivity contribution in [2.24, 2.45) is 0 Å². The molecular weight excluding hydrogens is 443 g/mol. The van der Waals surface area contributed by atoms with E-state index in [9.17, 15) is 9.59 Å². The average Bonchev–Trinajstić information content (AvgIpc) is 2.54. The van der Waals surface area contributed by atoms with E-state index in [-0.39, 0.29) is 11.8 Å². The van der Waals surface area contributed by atoms with Gasteiger partial charge in [-0.1, -0.05) is 11.6 Å². The number of benzene rings is 1. The number of carbonyl (C=O) groups excluding carboxylic acids is 2. The summed E-state index contributed by atoms with van der Waals surface area (Å²) in [7, 11) is 0. The van der Waals surface area contributed by atoms with Gasteiger partial charge in [-0.15, -0.1) is 0 Å². The molecule has 8 heteroatoms. The quantitative estimate of drug-likeness (QED) is 0.459. The molecule has 0 saturated carbocycles. The maximum absolute atomic E-state index is 12.3. The fourth-order valence-electron chi connectivity index (χ4n) is 1.94. The first-order valence-corrected chi connectivity index (χ1v) is 8.62.